The van der Waals surface area contributed by atoms with Crippen molar-refractivity contribution in [2.45, 2.75) is 19.4 Å². The largest absolute Gasteiger partial charge is 0.497 e. The molecule has 2 aromatic rings. The zero-order valence-electron chi connectivity index (χ0n) is 13.4. The first-order valence-electron chi connectivity index (χ1n) is 7.18. The van der Waals surface area contributed by atoms with Gasteiger partial charge < -0.3 is 15.4 Å². The summed E-state index contributed by atoms with van der Waals surface area (Å²) in [6.07, 6.45) is 1.85. The van der Waals surface area contributed by atoms with E-state index in [1.165, 1.54) is 6.92 Å². The van der Waals surface area contributed by atoms with E-state index in [1.807, 2.05) is 12.1 Å². The number of methoxy groups -OCH3 is 1. The summed E-state index contributed by atoms with van der Waals surface area (Å²) in [6, 6.07) is 8.53. The fourth-order valence-electron chi connectivity index (χ4n) is 2.19. The fraction of sp³-hybridized carbons (Fsp3) is 0.312. The van der Waals surface area contributed by atoms with Gasteiger partial charge in [-0.05, 0) is 17.7 Å². The summed E-state index contributed by atoms with van der Waals surface area (Å²) in [5, 5.41) is 9.60. The number of hydrogen-bond donors (Lipinski definition) is 2. The van der Waals surface area contributed by atoms with Gasteiger partial charge in [-0.3, -0.25) is 14.3 Å². The maximum absolute atomic E-state index is 12.2. The number of nitrogens with one attached hydrogen (secondary N) is 2. The van der Waals surface area contributed by atoms with E-state index in [0.29, 0.717) is 11.6 Å². The molecular weight excluding hydrogens is 296 g/mol. The van der Waals surface area contributed by atoms with Gasteiger partial charge in [-0.25, -0.2) is 0 Å². The maximum Gasteiger partial charge on any atom is 0.227 e. The van der Waals surface area contributed by atoms with Crippen LogP contribution in [0.4, 0.5) is 5.82 Å². The summed E-state index contributed by atoms with van der Waals surface area (Å²) in [5.41, 5.74) is 0.831. The van der Waals surface area contributed by atoms with E-state index >= 15 is 0 Å². The monoisotopic (exact) mass is 316 g/mol. The van der Waals surface area contributed by atoms with E-state index in [2.05, 4.69) is 15.7 Å². The molecule has 0 aliphatic heterocycles. The molecule has 7 heteroatoms. The molecule has 1 atom stereocenters. The molecule has 0 aliphatic rings. The van der Waals surface area contributed by atoms with Crippen LogP contribution >= 0.6 is 0 Å². The summed E-state index contributed by atoms with van der Waals surface area (Å²) in [5.74, 6) is 0.775. The van der Waals surface area contributed by atoms with Gasteiger partial charge >= 0.3 is 0 Å². The summed E-state index contributed by atoms with van der Waals surface area (Å²) in [4.78, 5) is 23.6. The predicted octanol–water partition coefficient (Wildman–Crippen LogP) is 1.63. The normalized spacial score (nSPS) is 11.6. The molecule has 2 N–H and O–H groups in total. The van der Waals surface area contributed by atoms with Gasteiger partial charge in [-0.1, -0.05) is 12.1 Å². The average Bonchev–Trinajstić information content (AvgIpc) is 2.91. The Balaban J connectivity index is 2.07. The first-order valence-corrected chi connectivity index (χ1v) is 7.18. The molecule has 0 radical (unpaired) electrons. The Bertz CT molecular complexity index is 679. The van der Waals surface area contributed by atoms with Crippen molar-refractivity contribution in [1.29, 1.82) is 0 Å². The smallest absolute Gasteiger partial charge is 0.227 e. The van der Waals surface area contributed by atoms with E-state index < -0.39 is 6.04 Å². The van der Waals surface area contributed by atoms with Crippen molar-refractivity contribution in [1.82, 2.24) is 15.1 Å². The fourth-order valence-corrected chi connectivity index (χ4v) is 2.19. The second-order valence-electron chi connectivity index (χ2n) is 5.15. The molecule has 122 valence electrons. The van der Waals surface area contributed by atoms with Crippen LogP contribution in [0, 0.1) is 0 Å². The van der Waals surface area contributed by atoms with Crippen molar-refractivity contribution in [3.63, 3.8) is 0 Å². The van der Waals surface area contributed by atoms with Gasteiger partial charge in [-0.2, -0.15) is 5.10 Å². The highest BCUT2D eigenvalue weighted by atomic mass is 16.5. The molecule has 0 saturated carbocycles. The molecule has 1 heterocycles. The molecular formula is C16H20N4O3. The Labute approximate surface area is 134 Å². The SMILES string of the molecule is COc1ccc([C@@H](CC(=O)Nc2ccn(C)n2)NC(C)=O)cc1. The van der Waals surface area contributed by atoms with E-state index in [-0.39, 0.29) is 18.2 Å². The number of anilines is 1. The van der Waals surface area contributed by atoms with Crippen LogP contribution in [0.2, 0.25) is 0 Å². The number of aryl methyl sites for hydroxylation is 1. The third kappa shape index (κ3) is 4.84. The third-order valence-corrected chi connectivity index (χ3v) is 3.27. The molecule has 1 aromatic heterocycles. The summed E-state index contributed by atoms with van der Waals surface area (Å²) in [6.45, 7) is 1.42. The molecule has 0 bridgehead atoms. The Morgan fingerprint density at radius 1 is 1.26 bits per heavy atom. The number of aromatic nitrogens is 2. The second kappa shape index (κ2) is 7.44. The first kappa shape index (κ1) is 16.5. The minimum Gasteiger partial charge on any atom is -0.497 e. The van der Waals surface area contributed by atoms with Crippen molar-refractivity contribution < 1.29 is 14.3 Å². The lowest BCUT2D eigenvalue weighted by molar-refractivity contribution is -0.120. The zero-order valence-corrected chi connectivity index (χ0v) is 13.4. The molecule has 0 fully saturated rings. The number of rotatable bonds is 6. The lowest BCUT2D eigenvalue weighted by Gasteiger charge is -2.18. The van der Waals surface area contributed by atoms with E-state index in [9.17, 15) is 9.59 Å². The average molecular weight is 316 g/mol. The summed E-state index contributed by atoms with van der Waals surface area (Å²) in [7, 11) is 3.35. The van der Waals surface area contributed by atoms with Gasteiger partial charge in [0.25, 0.3) is 0 Å². The number of hydrogen-bond acceptors (Lipinski definition) is 4. The van der Waals surface area contributed by atoms with E-state index in [1.54, 1.807) is 43.2 Å². The minimum atomic E-state index is -0.415. The van der Waals surface area contributed by atoms with Gasteiger partial charge in [0.15, 0.2) is 5.82 Å². The first-order chi connectivity index (χ1) is 11.0. The molecule has 2 amide bonds. The lowest BCUT2D eigenvalue weighted by atomic mass is 10.0. The van der Waals surface area contributed by atoms with Crippen LogP contribution in [0.5, 0.6) is 5.75 Å². The number of amides is 2. The number of ether oxygens (including phenoxy) is 1. The van der Waals surface area contributed by atoms with Gasteiger partial charge in [0.2, 0.25) is 11.8 Å². The Morgan fingerprint density at radius 2 is 1.96 bits per heavy atom. The number of benzene rings is 1. The quantitative estimate of drug-likeness (QED) is 0.848. The Morgan fingerprint density at radius 3 is 2.48 bits per heavy atom. The van der Waals surface area contributed by atoms with Crippen molar-refractivity contribution >= 4 is 17.6 Å². The van der Waals surface area contributed by atoms with Crippen LogP contribution in [0.15, 0.2) is 36.5 Å². The summed E-state index contributed by atoms with van der Waals surface area (Å²) < 4.78 is 6.72. The maximum atomic E-state index is 12.2. The van der Waals surface area contributed by atoms with Crippen molar-refractivity contribution in [3.8, 4) is 5.75 Å². The van der Waals surface area contributed by atoms with Gasteiger partial charge in [0.05, 0.1) is 19.6 Å². The Hall–Kier alpha value is -2.83. The molecule has 1 aromatic carbocycles. The van der Waals surface area contributed by atoms with Gasteiger partial charge in [0, 0.05) is 26.2 Å². The number of nitrogens with zero attached hydrogens (tertiary/aromatic N) is 2. The standard InChI is InChI=1S/C16H20N4O3/c1-11(21)17-14(12-4-6-13(23-3)7-5-12)10-16(22)18-15-8-9-20(2)19-15/h4-9,14H,10H2,1-3H3,(H,17,21)(H,18,19,22)/t14-/m1/s1. The molecule has 0 spiro atoms. The van der Waals surface area contributed by atoms with E-state index in [0.717, 1.165) is 5.56 Å². The minimum absolute atomic E-state index is 0.114. The van der Waals surface area contributed by atoms with E-state index in [4.69, 9.17) is 4.74 Å². The predicted molar refractivity (Wildman–Crippen MR) is 86.0 cm³/mol. The second-order valence-corrected chi connectivity index (χ2v) is 5.15. The lowest BCUT2D eigenvalue weighted by Crippen LogP contribution is -2.29. The van der Waals surface area contributed by atoms with Crippen LogP contribution in [-0.4, -0.2) is 28.7 Å². The van der Waals surface area contributed by atoms with Gasteiger partial charge in [-0.15, -0.1) is 0 Å². The Kier molecular flexibility index (Phi) is 5.35. The molecule has 2 rings (SSSR count). The topological polar surface area (TPSA) is 85.2 Å². The number of carbonyl (C=O) groups is 2. The number of carbonyl (C=O) groups excluding carboxylic acids is 2. The van der Waals surface area contributed by atoms with Crippen LogP contribution < -0.4 is 15.4 Å². The zero-order chi connectivity index (χ0) is 16.8. The highest BCUT2D eigenvalue weighted by molar-refractivity contribution is 5.90. The molecule has 0 saturated heterocycles. The highest BCUT2D eigenvalue weighted by Gasteiger charge is 2.18. The van der Waals surface area contributed by atoms with Crippen LogP contribution in [0.3, 0.4) is 0 Å². The molecule has 23 heavy (non-hydrogen) atoms. The van der Waals surface area contributed by atoms with Crippen LogP contribution in [0.25, 0.3) is 0 Å². The highest BCUT2D eigenvalue weighted by Crippen LogP contribution is 2.21. The van der Waals surface area contributed by atoms with Crippen LogP contribution in [0.1, 0.15) is 24.9 Å². The molecule has 0 unspecified atom stereocenters. The molecule has 0 aliphatic carbocycles. The van der Waals surface area contributed by atoms with Crippen LogP contribution in [-0.2, 0) is 16.6 Å². The molecule has 7 nitrogen and oxygen atoms in total. The summed E-state index contributed by atoms with van der Waals surface area (Å²) >= 11 is 0. The van der Waals surface area contributed by atoms with Crippen molar-refractivity contribution in [3.05, 3.63) is 42.1 Å². The van der Waals surface area contributed by atoms with Crippen molar-refractivity contribution in [2.24, 2.45) is 7.05 Å². The van der Waals surface area contributed by atoms with Crippen molar-refractivity contribution in [2.75, 3.05) is 12.4 Å². The third-order valence-electron chi connectivity index (χ3n) is 3.27. The van der Waals surface area contributed by atoms with Gasteiger partial charge in [0.1, 0.15) is 5.75 Å².